The SMILES string of the molecule is CC/C=C\CCOC(=O)CCCC(O)CCCC. The van der Waals surface area contributed by atoms with Crippen LogP contribution in [0.15, 0.2) is 12.2 Å². The van der Waals surface area contributed by atoms with Crippen LogP contribution in [0.1, 0.15) is 65.2 Å². The molecule has 0 heterocycles. The van der Waals surface area contributed by atoms with E-state index < -0.39 is 0 Å². The molecule has 0 spiro atoms. The normalized spacial score (nSPS) is 12.8. The predicted molar refractivity (Wildman–Crippen MR) is 74.4 cm³/mol. The maximum Gasteiger partial charge on any atom is 0.305 e. The lowest BCUT2D eigenvalue weighted by molar-refractivity contribution is -0.143. The van der Waals surface area contributed by atoms with E-state index in [1.54, 1.807) is 0 Å². The molecule has 1 N–H and O–H groups in total. The first kappa shape index (κ1) is 17.2. The molecular formula is C15H28O3. The van der Waals surface area contributed by atoms with Gasteiger partial charge in [0.25, 0.3) is 0 Å². The first-order valence-corrected chi connectivity index (χ1v) is 7.19. The number of esters is 1. The Morgan fingerprint density at radius 3 is 2.61 bits per heavy atom. The zero-order valence-electron chi connectivity index (χ0n) is 11.9. The molecule has 0 aliphatic heterocycles. The number of rotatable bonds is 11. The Labute approximate surface area is 111 Å². The standard InChI is InChI=1S/C15H28O3/c1-3-5-7-8-13-18-15(17)12-9-11-14(16)10-6-4-2/h5,7,14,16H,3-4,6,8-13H2,1-2H3/b7-5-. The lowest BCUT2D eigenvalue weighted by Crippen LogP contribution is -2.09. The third-order valence-corrected chi connectivity index (χ3v) is 2.76. The van der Waals surface area contributed by atoms with E-state index in [1.165, 1.54) is 0 Å². The summed E-state index contributed by atoms with van der Waals surface area (Å²) in [4.78, 5) is 11.3. The van der Waals surface area contributed by atoms with E-state index in [-0.39, 0.29) is 12.1 Å². The van der Waals surface area contributed by atoms with Crippen LogP contribution in [0.25, 0.3) is 0 Å². The largest absolute Gasteiger partial charge is 0.465 e. The first-order valence-electron chi connectivity index (χ1n) is 7.19. The van der Waals surface area contributed by atoms with Crippen molar-refractivity contribution >= 4 is 5.97 Å². The fraction of sp³-hybridized carbons (Fsp3) is 0.800. The van der Waals surface area contributed by atoms with Gasteiger partial charge in [-0.3, -0.25) is 4.79 Å². The van der Waals surface area contributed by atoms with Gasteiger partial charge in [-0.1, -0.05) is 38.8 Å². The summed E-state index contributed by atoms with van der Waals surface area (Å²) >= 11 is 0. The minimum Gasteiger partial charge on any atom is -0.465 e. The lowest BCUT2D eigenvalue weighted by Gasteiger charge is -2.09. The van der Waals surface area contributed by atoms with E-state index in [0.717, 1.165) is 32.1 Å². The molecule has 0 aliphatic rings. The van der Waals surface area contributed by atoms with E-state index in [9.17, 15) is 9.90 Å². The molecule has 0 aromatic heterocycles. The third kappa shape index (κ3) is 11.6. The summed E-state index contributed by atoms with van der Waals surface area (Å²) in [6.07, 6.45) is 10.5. The summed E-state index contributed by atoms with van der Waals surface area (Å²) in [7, 11) is 0. The minimum atomic E-state index is -0.259. The maximum absolute atomic E-state index is 11.3. The number of aliphatic hydroxyl groups is 1. The Hall–Kier alpha value is -0.830. The minimum absolute atomic E-state index is 0.150. The fourth-order valence-corrected chi connectivity index (χ4v) is 1.66. The van der Waals surface area contributed by atoms with Crippen molar-refractivity contribution in [1.29, 1.82) is 0 Å². The van der Waals surface area contributed by atoms with Crippen molar-refractivity contribution in [2.75, 3.05) is 6.61 Å². The number of aliphatic hydroxyl groups excluding tert-OH is 1. The van der Waals surface area contributed by atoms with Crippen molar-refractivity contribution < 1.29 is 14.6 Å². The predicted octanol–water partition coefficient (Wildman–Crippen LogP) is 3.61. The van der Waals surface area contributed by atoms with Gasteiger partial charge in [-0.2, -0.15) is 0 Å². The fourth-order valence-electron chi connectivity index (χ4n) is 1.66. The quantitative estimate of drug-likeness (QED) is 0.349. The van der Waals surface area contributed by atoms with Gasteiger partial charge in [-0.05, 0) is 32.1 Å². The number of carbonyl (C=O) groups excluding carboxylic acids is 1. The molecule has 18 heavy (non-hydrogen) atoms. The van der Waals surface area contributed by atoms with Crippen molar-refractivity contribution in [2.24, 2.45) is 0 Å². The van der Waals surface area contributed by atoms with Crippen LogP contribution < -0.4 is 0 Å². The molecule has 106 valence electrons. The molecule has 0 rings (SSSR count). The highest BCUT2D eigenvalue weighted by molar-refractivity contribution is 5.69. The third-order valence-electron chi connectivity index (χ3n) is 2.76. The average molecular weight is 256 g/mol. The second-order valence-corrected chi connectivity index (χ2v) is 4.58. The maximum atomic E-state index is 11.3. The number of hydrogen-bond acceptors (Lipinski definition) is 3. The van der Waals surface area contributed by atoms with Crippen molar-refractivity contribution in [2.45, 2.75) is 71.3 Å². The molecule has 0 aromatic rings. The Bertz CT molecular complexity index is 224. The molecule has 0 saturated carbocycles. The van der Waals surface area contributed by atoms with Gasteiger partial charge in [-0.25, -0.2) is 0 Å². The number of unbranched alkanes of at least 4 members (excludes halogenated alkanes) is 1. The van der Waals surface area contributed by atoms with Gasteiger partial charge in [0.2, 0.25) is 0 Å². The molecule has 0 aromatic carbocycles. The van der Waals surface area contributed by atoms with Crippen molar-refractivity contribution in [3.63, 3.8) is 0 Å². The summed E-state index contributed by atoms with van der Waals surface area (Å²) in [5, 5.41) is 9.61. The topological polar surface area (TPSA) is 46.5 Å². The lowest BCUT2D eigenvalue weighted by atomic mass is 10.1. The second-order valence-electron chi connectivity index (χ2n) is 4.58. The molecule has 0 bridgehead atoms. The average Bonchev–Trinajstić information content (AvgIpc) is 2.36. The summed E-state index contributed by atoms with van der Waals surface area (Å²) in [5.74, 6) is -0.150. The Morgan fingerprint density at radius 2 is 1.94 bits per heavy atom. The van der Waals surface area contributed by atoms with Crippen molar-refractivity contribution in [1.82, 2.24) is 0 Å². The summed E-state index contributed by atoms with van der Waals surface area (Å²) in [6, 6.07) is 0. The zero-order chi connectivity index (χ0) is 13.6. The van der Waals surface area contributed by atoms with Gasteiger partial charge in [0.1, 0.15) is 0 Å². The highest BCUT2D eigenvalue weighted by atomic mass is 16.5. The molecule has 3 nitrogen and oxygen atoms in total. The van der Waals surface area contributed by atoms with E-state index in [1.807, 2.05) is 6.08 Å². The molecular weight excluding hydrogens is 228 g/mol. The van der Waals surface area contributed by atoms with Crippen molar-refractivity contribution in [3.8, 4) is 0 Å². The monoisotopic (exact) mass is 256 g/mol. The van der Waals surface area contributed by atoms with Gasteiger partial charge in [0, 0.05) is 6.42 Å². The van der Waals surface area contributed by atoms with Gasteiger partial charge in [0.05, 0.1) is 12.7 Å². The van der Waals surface area contributed by atoms with E-state index in [4.69, 9.17) is 4.74 Å². The second kappa shape index (κ2) is 12.6. The molecule has 1 atom stereocenters. The molecule has 0 amide bonds. The molecule has 1 unspecified atom stereocenters. The van der Waals surface area contributed by atoms with Gasteiger partial charge in [-0.15, -0.1) is 0 Å². The van der Waals surface area contributed by atoms with Gasteiger partial charge < -0.3 is 9.84 Å². The van der Waals surface area contributed by atoms with Crippen LogP contribution in [-0.4, -0.2) is 23.8 Å². The molecule has 0 aliphatic carbocycles. The number of ether oxygens (including phenoxy) is 1. The Morgan fingerprint density at radius 1 is 1.22 bits per heavy atom. The zero-order valence-corrected chi connectivity index (χ0v) is 11.9. The van der Waals surface area contributed by atoms with Crippen LogP contribution in [0.3, 0.4) is 0 Å². The van der Waals surface area contributed by atoms with Gasteiger partial charge in [0.15, 0.2) is 0 Å². The van der Waals surface area contributed by atoms with Crippen molar-refractivity contribution in [3.05, 3.63) is 12.2 Å². The smallest absolute Gasteiger partial charge is 0.305 e. The summed E-state index contributed by atoms with van der Waals surface area (Å²) < 4.78 is 5.08. The van der Waals surface area contributed by atoms with Crippen LogP contribution in [-0.2, 0) is 9.53 Å². The van der Waals surface area contributed by atoms with Crippen LogP contribution in [0.2, 0.25) is 0 Å². The highest BCUT2D eigenvalue weighted by Crippen LogP contribution is 2.08. The van der Waals surface area contributed by atoms with Crippen LogP contribution >= 0.6 is 0 Å². The van der Waals surface area contributed by atoms with Gasteiger partial charge >= 0.3 is 5.97 Å². The summed E-state index contributed by atoms with van der Waals surface area (Å²) in [6.45, 7) is 4.65. The molecule has 3 heteroatoms. The van der Waals surface area contributed by atoms with E-state index in [0.29, 0.717) is 25.9 Å². The van der Waals surface area contributed by atoms with Crippen LogP contribution in [0.4, 0.5) is 0 Å². The highest BCUT2D eigenvalue weighted by Gasteiger charge is 2.06. The number of hydrogen-bond donors (Lipinski definition) is 1. The Balaban J connectivity index is 3.39. The Kier molecular flexibility index (Phi) is 12.0. The van der Waals surface area contributed by atoms with E-state index in [2.05, 4.69) is 19.9 Å². The molecule has 0 saturated heterocycles. The van der Waals surface area contributed by atoms with Crippen LogP contribution in [0, 0.1) is 0 Å². The number of carbonyl (C=O) groups is 1. The molecule has 0 radical (unpaired) electrons. The molecule has 0 fully saturated rings. The summed E-state index contributed by atoms with van der Waals surface area (Å²) in [5.41, 5.74) is 0. The first-order chi connectivity index (χ1) is 8.70. The number of allylic oxidation sites excluding steroid dienone is 1. The van der Waals surface area contributed by atoms with E-state index >= 15 is 0 Å². The van der Waals surface area contributed by atoms with Crippen LogP contribution in [0.5, 0.6) is 0 Å².